The van der Waals surface area contributed by atoms with E-state index < -0.39 is 14.7 Å². The van der Waals surface area contributed by atoms with E-state index in [1.165, 1.54) is 5.56 Å². The van der Waals surface area contributed by atoms with Crippen molar-refractivity contribution in [3.05, 3.63) is 114 Å². The predicted octanol–water partition coefficient (Wildman–Crippen LogP) is 11.3. The van der Waals surface area contributed by atoms with E-state index in [0.29, 0.717) is 5.75 Å². The molecule has 0 amide bonds. The molecule has 0 fully saturated rings. The molecule has 0 bridgehead atoms. The number of aromatic hydroxyl groups is 1. The summed E-state index contributed by atoms with van der Waals surface area (Å²) in [4.78, 5) is 7.14. The molecular weight excluding hydrogens is 595 g/mol. The van der Waals surface area contributed by atoms with Gasteiger partial charge in [0.15, 0.2) is 0 Å². The van der Waals surface area contributed by atoms with Gasteiger partial charge in [-0.05, 0) is 58.9 Å². The zero-order valence-corrected chi connectivity index (χ0v) is 27.6. The molecule has 0 saturated heterocycles. The van der Waals surface area contributed by atoms with Gasteiger partial charge >= 0.3 is 42.6 Å². The van der Waals surface area contributed by atoms with Crippen molar-refractivity contribution < 1.29 is 19.8 Å². The number of phenolic OH excluding ortho intramolecular Hbond substituents is 1. The number of halogens is 3. The molecule has 1 N–H and O–H groups in total. The third-order valence-electron chi connectivity index (χ3n) is 6.31. The van der Waals surface area contributed by atoms with E-state index in [4.69, 9.17) is 32.9 Å². The van der Waals surface area contributed by atoms with Crippen LogP contribution in [0.25, 0.3) is 0 Å². The van der Waals surface area contributed by atoms with Crippen LogP contribution in [0.1, 0.15) is 58.2 Å². The first-order valence-corrected chi connectivity index (χ1v) is 19.5. The molecule has 4 rings (SSSR count). The molecule has 0 aliphatic carbocycles. The molecule has 0 radical (unpaired) electrons. The predicted molar refractivity (Wildman–Crippen MR) is 171 cm³/mol. The maximum absolute atomic E-state index is 11.2. The van der Waals surface area contributed by atoms with Gasteiger partial charge in [0.25, 0.3) is 0 Å². The number of hydrogen-bond acceptors (Lipinski definition) is 3. The van der Waals surface area contributed by atoms with Crippen molar-refractivity contribution in [3.8, 4) is 5.75 Å². The fourth-order valence-electron chi connectivity index (χ4n) is 4.24. The molecule has 0 unspecified atom stereocenters. The van der Waals surface area contributed by atoms with E-state index in [1.807, 2.05) is 54.6 Å². The van der Waals surface area contributed by atoms with Crippen molar-refractivity contribution in [3.63, 3.8) is 0 Å². The molecule has 7 heteroatoms. The van der Waals surface area contributed by atoms with E-state index in [1.54, 1.807) is 6.21 Å². The second kappa shape index (κ2) is 14.1. The van der Waals surface area contributed by atoms with Crippen LogP contribution >= 0.6 is 27.9 Å². The van der Waals surface area contributed by atoms with Crippen LogP contribution in [0.4, 0.5) is 22.7 Å². The Labute approximate surface area is 256 Å². The average Bonchev–Trinajstić information content (AvgIpc) is 2.88. The van der Waals surface area contributed by atoms with Crippen molar-refractivity contribution in [1.82, 2.24) is 0 Å². The fourth-order valence-corrected chi connectivity index (χ4v) is 4.24. The van der Waals surface area contributed by atoms with Gasteiger partial charge in [-0.3, -0.25) is 4.99 Å². The van der Waals surface area contributed by atoms with Crippen LogP contribution in [-0.4, -0.2) is 11.3 Å². The third-order valence-corrected chi connectivity index (χ3v) is 6.31. The number of benzene rings is 4. The zero-order valence-electron chi connectivity index (χ0n) is 23.8. The molecule has 4 aromatic carbocycles. The van der Waals surface area contributed by atoms with Crippen LogP contribution in [0.15, 0.2) is 102 Å². The fraction of sp³-hybridized carbons (Fsp3) is 0.242. The maximum atomic E-state index is 11.2. The normalized spacial score (nSPS) is 11.6. The van der Waals surface area contributed by atoms with Crippen molar-refractivity contribution in [1.29, 1.82) is 0 Å². The number of rotatable bonds is 5. The van der Waals surface area contributed by atoms with Gasteiger partial charge in [0, 0.05) is 28.7 Å². The molecule has 4 aromatic rings. The standard InChI is InChI=1S/C33H36N2O.3ClH.Ti/c1-32(2,3)25-21-24(31(36)28(22-25)33(4,5)6)23-34-29-19-13-14-20-30(29)35(26-15-9-7-10-16-26)27-17-11-8-12-18-27;;;;/h7-23,36H,1-6H3;3*1H;/q;;;;+4/p-3. The van der Waals surface area contributed by atoms with E-state index in [2.05, 4.69) is 88.9 Å². The van der Waals surface area contributed by atoms with E-state index in [-0.39, 0.29) is 10.8 Å². The van der Waals surface area contributed by atoms with E-state index in [9.17, 15) is 5.11 Å². The summed E-state index contributed by atoms with van der Waals surface area (Å²) in [7, 11) is 14.9. The SMILES string of the molecule is CC(C)(C)c1cc(C=Nc2ccccc2N(c2ccccc2)c2ccccc2)c(O)c(C(C)(C)C)c1.[Cl][Ti+]([Cl])[Cl]. The zero-order chi connectivity index (χ0) is 29.5. The Morgan fingerprint density at radius 2 is 1.18 bits per heavy atom. The minimum absolute atomic E-state index is 0.0500. The van der Waals surface area contributed by atoms with E-state index in [0.717, 1.165) is 33.9 Å². The molecule has 0 atom stereocenters. The van der Waals surface area contributed by atoms with Crippen LogP contribution in [0.2, 0.25) is 0 Å². The van der Waals surface area contributed by atoms with Crippen LogP contribution < -0.4 is 4.90 Å². The first-order chi connectivity index (χ1) is 18.8. The number of nitrogens with zero attached hydrogens (tertiary/aromatic N) is 2. The van der Waals surface area contributed by atoms with Crippen LogP contribution in [-0.2, 0) is 25.5 Å². The van der Waals surface area contributed by atoms with Crippen LogP contribution in [0.3, 0.4) is 0 Å². The van der Waals surface area contributed by atoms with Gasteiger partial charge in [-0.2, -0.15) is 0 Å². The van der Waals surface area contributed by atoms with Crippen LogP contribution in [0.5, 0.6) is 5.75 Å². The van der Waals surface area contributed by atoms with Crippen molar-refractivity contribution >= 4 is 56.9 Å². The minimum atomic E-state index is -1.92. The van der Waals surface area contributed by atoms with Gasteiger partial charge < -0.3 is 10.0 Å². The molecule has 0 aliphatic heterocycles. The quantitative estimate of drug-likeness (QED) is 0.176. The number of aliphatic imine (C=N–C) groups is 1. The Morgan fingerprint density at radius 3 is 1.65 bits per heavy atom. The Morgan fingerprint density at radius 1 is 0.700 bits per heavy atom. The second-order valence-corrected chi connectivity index (χ2v) is 19.2. The topological polar surface area (TPSA) is 35.8 Å². The van der Waals surface area contributed by atoms with Gasteiger partial charge in [-0.15, -0.1) is 0 Å². The van der Waals surface area contributed by atoms with Gasteiger partial charge in [-0.25, -0.2) is 0 Å². The molecule has 0 spiro atoms. The van der Waals surface area contributed by atoms with Gasteiger partial charge in [0.05, 0.1) is 11.4 Å². The molecule has 208 valence electrons. The molecule has 0 aromatic heterocycles. The Hall–Kier alpha value is -2.27. The Bertz CT molecular complexity index is 1370. The Balaban J connectivity index is 0.00000103. The summed E-state index contributed by atoms with van der Waals surface area (Å²) in [5.41, 5.74) is 6.49. The van der Waals surface area contributed by atoms with Crippen molar-refractivity contribution in [2.45, 2.75) is 52.4 Å². The summed E-state index contributed by atoms with van der Waals surface area (Å²) in [6.07, 6.45) is 1.80. The summed E-state index contributed by atoms with van der Waals surface area (Å²) in [6, 6.07) is 32.9. The molecule has 40 heavy (non-hydrogen) atoms. The monoisotopic (exact) mass is 629 g/mol. The van der Waals surface area contributed by atoms with E-state index >= 15 is 0 Å². The number of anilines is 3. The summed E-state index contributed by atoms with van der Waals surface area (Å²) in [6.45, 7) is 13.0. The number of para-hydroxylation sites is 4. The number of hydrogen-bond donors (Lipinski definition) is 1. The molecule has 0 heterocycles. The molecule has 0 saturated carbocycles. The van der Waals surface area contributed by atoms with Gasteiger partial charge in [0.2, 0.25) is 0 Å². The number of phenols is 1. The summed E-state index contributed by atoms with van der Waals surface area (Å²) in [5.74, 6) is 0.291. The first-order valence-electron chi connectivity index (χ1n) is 13.0. The van der Waals surface area contributed by atoms with Crippen molar-refractivity contribution in [2.75, 3.05) is 4.90 Å². The average molecular weight is 631 g/mol. The Kier molecular flexibility index (Phi) is 11.3. The second-order valence-electron chi connectivity index (χ2n) is 11.4. The third kappa shape index (κ3) is 8.87. The summed E-state index contributed by atoms with van der Waals surface area (Å²) >= 11 is -1.92. The van der Waals surface area contributed by atoms with Crippen LogP contribution in [0, 0.1) is 0 Å². The van der Waals surface area contributed by atoms with Crippen molar-refractivity contribution in [2.24, 2.45) is 4.99 Å². The first kappa shape index (κ1) is 32.3. The summed E-state index contributed by atoms with van der Waals surface area (Å²) < 4.78 is 0. The summed E-state index contributed by atoms with van der Waals surface area (Å²) in [5, 5.41) is 11.2. The molecule has 0 aliphatic rings. The van der Waals surface area contributed by atoms with Gasteiger partial charge in [-0.1, -0.05) is 96.1 Å². The van der Waals surface area contributed by atoms with Gasteiger partial charge in [0.1, 0.15) is 5.75 Å². The molecule has 3 nitrogen and oxygen atoms in total. The molecular formula is C33H36Cl3N2OTi+.